The van der Waals surface area contributed by atoms with Crippen LogP contribution in [0.5, 0.6) is 0 Å². The minimum atomic E-state index is -1.02. The molecule has 140 valence electrons. The van der Waals surface area contributed by atoms with Gasteiger partial charge in [-0.25, -0.2) is 0 Å². The summed E-state index contributed by atoms with van der Waals surface area (Å²) in [4.78, 5) is 35.4. The maximum Gasteiger partial charge on any atom is 0.305 e. The first-order valence-corrected chi connectivity index (χ1v) is 8.99. The lowest BCUT2D eigenvalue weighted by atomic mass is 10.0. The van der Waals surface area contributed by atoms with Crippen molar-refractivity contribution in [2.45, 2.75) is 25.3 Å². The highest BCUT2D eigenvalue weighted by Gasteiger charge is 2.29. The molecule has 0 unspecified atom stereocenters. The molecule has 0 heterocycles. The van der Waals surface area contributed by atoms with Crippen molar-refractivity contribution in [3.8, 4) is 0 Å². The van der Waals surface area contributed by atoms with Gasteiger partial charge < -0.3 is 15.7 Å². The van der Waals surface area contributed by atoms with Crippen molar-refractivity contribution in [1.29, 1.82) is 0 Å². The molecule has 0 aliphatic heterocycles. The van der Waals surface area contributed by atoms with Crippen LogP contribution in [0.2, 0.25) is 5.02 Å². The van der Waals surface area contributed by atoms with E-state index in [0.29, 0.717) is 21.8 Å². The van der Waals surface area contributed by atoms with E-state index in [1.807, 2.05) is 0 Å². The Labute approximate surface area is 161 Å². The number of benzene rings is 2. The molecule has 0 spiro atoms. The first kappa shape index (κ1) is 18.9. The summed E-state index contributed by atoms with van der Waals surface area (Å²) in [6.45, 7) is 0. The van der Waals surface area contributed by atoms with Crippen LogP contribution >= 0.6 is 11.6 Å². The van der Waals surface area contributed by atoms with E-state index < -0.39 is 17.9 Å². The number of hydrogen-bond acceptors (Lipinski definition) is 3. The van der Waals surface area contributed by atoms with Crippen molar-refractivity contribution in [1.82, 2.24) is 5.32 Å². The average molecular weight is 387 g/mol. The molecular weight excluding hydrogens is 368 g/mol. The third-order valence-corrected chi connectivity index (χ3v) is 4.57. The summed E-state index contributed by atoms with van der Waals surface area (Å²) in [5, 5.41) is 15.2. The van der Waals surface area contributed by atoms with Gasteiger partial charge in [0.25, 0.3) is 5.91 Å². The van der Waals surface area contributed by atoms with E-state index in [0.717, 1.165) is 12.8 Å². The molecule has 6 nitrogen and oxygen atoms in total. The number of carbonyl (C=O) groups is 3. The fourth-order valence-corrected chi connectivity index (χ4v) is 2.78. The lowest BCUT2D eigenvalue weighted by molar-refractivity contribution is -0.137. The van der Waals surface area contributed by atoms with Gasteiger partial charge in [0.1, 0.15) is 0 Å². The minimum absolute atomic E-state index is 0.00328. The summed E-state index contributed by atoms with van der Waals surface area (Å²) in [6.07, 6.45) is 1.59. The van der Waals surface area contributed by atoms with Crippen molar-refractivity contribution in [2.75, 3.05) is 5.32 Å². The molecule has 0 radical (unpaired) electrons. The predicted molar refractivity (Wildman–Crippen MR) is 102 cm³/mol. The number of nitrogens with one attached hydrogen (secondary N) is 2. The van der Waals surface area contributed by atoms with Gasteiger partial charge in [-0.1, -0.05) is 23.7 Å². The second-order valence-electron chi connectivity index (χ2n) is 6.52. The van der Waals surface area contributed by atoms with Crippen LogP contribution in [0, 0.1) is 5.92 Å². The molecule has 0 aromatic heterocycles. The number of carboxylic acids is 1. The zero-order chi connectivity index (χ0) is 19.4. The van der Waals surface area contributed by atoms with Gasteiger partial charge in [0, 0.05) is 22.2 Å². The average Bonchev–Trinajstić information content (AvgIpc) is 3.47. The smallest absolute Gasteiger partial charge is 0.305 e. The van der Waals surface area contributed by atoms with Gasteiger partial charge in [-0.15, -0.1) is 0 Å². The highest BCUT2D eigenvalue weighted by Crippen LogP contribution is 2.30. The highest BCUT2D eigenvalue weighted by atomic mass is 35.5. The largest absolute Gasteiger partial charge is 0.481 e. The molecule has 0 saturated heterocycles. The maximum absolute atomic E-state index is 12.5. The van der Waals surface area contributed by atoms with Crippen LogP contribution in [-0.2, 0) is 9.59 Å². The molecule has 1 aliphatic carbocycles. The third-order valence-electron chi connectivity index (χ3n) is 4.32. The quantitative estimate of drug-likeness (QED) is 0.677. The Balaban J connectivity index is 1.68. The van der Waals surface area contributed by atoms with Crippen LogP contribution < -0.4 is 10.6 Å². The van der Waals surface area contributed by atoms with E-state index in [4.69, 9.17) is 16.7 Å². The number of carbonyl (C=O) groups excluding carboxylic acids is 2. The van der Waals surface area contributed by atoms with Gasteiger partial charge in [0.05, 0.1) is 12.5 Å². The monoisotopic (exact) mass is 386 g/mol. The van der Waals surface area contributed by atoms with Crippen molar-refractivity contribution in [2.24, 2.45) is 5.92 Å². The summed E-state index contributed by atoms with van der Waals surface area (Å²) in [5.41, 5.74) is 1.66. The molecule has 3 rings (SSSR count). The minimum Gasteiger partial charge on any atom is -0.481 e. The molecule has 0 bridgehead atoms. The molecule has 1 aliphatic rings. The maximum atomic E-state index is 12.5. The topological polar surface area (TPSA) is 95.5 Å². The Morgan fingerprint density at radius 3 is 2.22 bits per heavy atom. The van der Waals surface area contributed by atoms with E-state index >= 15 is 0 Å². The second kappa shape index (κ2) is 8.22. The molecule has 2 aromatic carbocycles. The van der Waals surface area contributed by atoms with Gasteiger partial charge >= 0.3 is 5.97 Å². The molecule has 2 aromatic rings. The molecule has 7 heteroatoms. The van der Waals surface area contributed by atoms with Crippen LogP contribution in [-0.4, -0.2) is 22.9 Å². The summed E-state index contributed by atoms with van der Waals surface area (Å²) >= 11 is 5.86. The fraction of sp³-hybridized carbons (Fsp3) is 0.250. The van der Waals surface area contributed by atoms with Gasteiger partial charge in [-0.05, 0) is 54.8 Å². The van der Waals surface area contributed by atoms with Crippen molar-refractivity contribution in [3.63, 3.8) is 0 Å². The molecule has 3 N–H and O–H groups in total. The SMILES string of the molecule is O=C(O)C[C@H](NC(=O)c1ccc(NC(=O)C2CC2)cc1)c1ccc(Cl)cc1. The van der Waals surface area contributed by atoms with Crippen LogP contribution in [0.25, 0.3) is 0 Å². The lowest BCUT2D eigenvalue weighted by Gasteiger charge is -2.18. The summed E-state index contributed by atoms with van der Waals surface area (Å²) in [6, 6.07) is 12.5. The van der Waals surface area contributed by atoms with E-state index in [1.165, 1.54) is 0 Å². The second-order valence-corrected chi connectivity index (χ2v) is 6.95. The molecule has 27 heavy (non-hydrogen) atoms. The Hall–Kier alpha value is -2.86. The number of carboxylic acid groups (broad SMARTS) is 1. The highest BCUT2D eigenvalue weighted by molar-refractivity contribution is 6.30. The molecule has 2 amide bonds. The van der Waals surface area contributed by atoms with Crippen molar-refractivity contribution in [3.05, 3.63) is 64.7 Å². The van der Waals surface area contributed by atoms with Crippen LogP contribution in [0.3, 0.4) is 0 Å². The summed E-state index contributed by atoms with van der Waals surface area (Å²) in [5.74, 6) is -1.31. The summed E-state index contributed by atoms with van der Waals surface area (Å²) < 4.78 is 0. The summed E-state index contributed by atoms with van der Waals surface area (Å²) in [7, 11) is 0. The zero-order valence-electron chi connectivity index (χ0n) is 14.4. The van der Waals surface area contributed by atoms with Crippen LogP contribution in [0.15, 0.2) is 48.5 Å². The standard InChI is InChI=1S/C20H19ClN2O4/c21-15-7-3-12(4-8-15)17(11-18(24)25)23-20(27)14-5-9-16(10-6-14)22-19(26)13-1-2-13/h3-10,13,17H,1-2,11H2,(H,22,26)(H,23,27)(H,24,25)/t17-/m0/s1. The zero-order valence-corrected chi connectivity index (χ0v) is 15.2. The number of aliphatic carboxylic acids is 1. The fourth-order valence-electron chi connectivity index (χ4n) is 2.66. The molecule has 1 saturated carbocycles. The Morgan fingerprint density at radius 1 is 1.04 bits per heavy atom. The van der Waals surface area contributed by atoms with Crippen LogP contribution in [0.1, 0.15) is 41.2 Å². The number of amides is 2. The van der Waals surface area contributed by atoms with Gasteiger partial charge in [-0.2, -0.15) is 0 Å². The predicted octanol–water partition coefficient (Wildman–Crippen LogP) is 3.63. The van der Waals surface area contributed by atoms with Gasteiger partial charge in [0.15, 0.2) is 0 Å². The van der Waals surface area contributed by atoms with Crippen LogP contribution in [0.4, 0.5) is 5.69 Å². The van der Waals surface area contributed by atoms with E-state index in [1.54, 1.807) is 48.5 Å². The Kier molecular flexibility index (Phi) is 5.76. The van der Waals surface area contributed by atoms with Gasteiger partial charge in [0.2, 0.25) is 5.91 Å². The van der Waals surface area contributed by atoms with Crippen molar-refractivity contribution < 1.29 is 19.5 Å². The van der Waals surface area contributed by atoms with Gasteiger partial charge in [-0.3, -0.25) is 14.4 Å². The number of hydrogen-bond donors (Lipinski definition) is 3. The van der Waals surface area contributed by atoms with E-state index in [9.17, 15) is 14.4 Å². The lowest BCUT2D eigenvalue weighted by Crippen LogP contribution is -2.30. The number of anilines is 1. The van der Waals surface area contributed by atoms with E-state index in [2.05, 4.69) is 10.6 Å². The first-order valence-electron chi connectivity index (χ1n) is 8.61. The first-order chi connectivity index (χ1) is 12.9. The number of rotatable bonds is 7. The van der Waals surface area contributed by atoms with E-state index in [-0.39, 0.29) is 18.2 Å². The molecule has 1 atom stereocenters. The third kappa shape index (κ3) is 5.31. The molecule has 1 fully saturated rings. The number of halogens is 1. The Morgan fingerprint density at radius 2 is 1.67 bits per heavy atom. The normalized spacial score (nSPS) is 14.3. The van der Waals surface area contributed by atoms with Crippen molar-refractivity contribution >= 4 is 35.1 Å². The molecular formula is C20H19ClN2O4. The Bertz CT molecular complexity index is 845.